The number of halogens is 2. The lowest BCUT2D eigenvalue weighted by atomic mass is 9.95. The molecular weight excluding hydrogens is 413 g/mol. The van der Waals surface area contributed by atoms with E-state index in [0.29, 0.717) is 27.8 Å². The normalized spacial score (nSPS) is 23.7. The van der Waals surface area contributed by atoms with Crippen molar-refractivity contribution < 1.29 is 19.4 Å². The zero-order valence-corrected chi connectivity index (χ0v) is 17.0. The average molecular weight is 432 g/mol. The molecule has 0 radical (unpaired) electrons. The monoisotopic (exact) mass is 431 g/mol. The second kappa shape index (κ2) is 8.19. The van der Waals surface area contributed by atoms with Crippen molar-refractivity contribution in [2.45, 2.75) is 25.0 Å². The highest BCUT2D eigenvalue weighted by Crippen LogP contribution is 2.41. The minimum atomic E-state index is -0.769. The van der Waals surface area contributed by atoms with Gasteiger partial charge in [-0.15, -0.1) is 0 Å². The molecule has 2 aliphatic rings. The van der Waals surface area contributed by atoms with Gasteiger partial charge in [0.1, 0.15) is 5.76 Å². The molecule has 5 nitrogen and oxygen atoms in total. The van der Waals surface area contributed by atoms with Crippen molar-refractivity contribution in [3.63, 3.8) is 0 Å². The van der Waals surface area contributed by atoms with Crippen molar-refractivity contribution in [1.29, 1.82) is 0 Å². The number of amides is 1. The lowest BCUT2D eigenvalue weighted by molar-refractivity contribution is -0.140. The zero-order chi connectivity index (χ0) is 20.5. The van der Waals surface area contributed by atoms with E-state index in [1.807, 2.05) is 6.07 Å². The summed E-state index contributed by atoms with van der Waals surface area (Å²) >= 11 is 12.3. The van der Waals surface area contributed by atoms with E-state index in [1.165, 1.54) is 4.90 Å². The topological polar surface area (TPSA) is 66.8 Å². The molecule has 1 N–H and O–H groups in total. The molecule has 2 unspecified atom stereocenters. The molecule has 4 rings (SSSR count). The Morgan fingerprint density at radius 2 is 1.86 bits per heavy atom. The number of ether oxygens (including phenoxy) is 1. The van der Waals surface area contributed by atoms with Gasteiger partial charge < -0.3 is 14.7 Å². The second-order valence-corrected chi connectivity index (χ2v) is 7.94. The quantitative estimate of drug-likeness (QED) is 0.436. The van der Waals surface area contributed by atoms with Crippen LogP contribution >= 0.6 is 23.2 Å². The van der Waals surface area contributed by atoms with Gasteiger partial charge in [0.05, 0.1) is 27.8 Å². The molecule has 29 heavy (non-hydrogen) atoms. The van der Waals surface area contributed by atoms with Crippen molar-refractivity contribution in [3.8, 4) is 0 Å². The maximum absolute atomic E-state index is 12.9. The third-order valence-electron chi connectivity index (χ3n) is 5.27. The van der Waals surface area contributed by atoms with Gasteiger partial charge in [0, 0.05) is 18.7 Å². The molecule has 2 aromatic carbocycles. The first-order valence-electron chi connectivity index (χ1n) is 9.37. The molecule has 2 atom stereocenters. The van der Waals surface area contributed by atoms with Gasteiger partial charge in [-0.25, -0.2) is 0 Å². The number of nitrogens with zero attached hydrogens (tertiary/aromatic N) is 1. The number of aliphatic hydroxyl groups is 1. The summed E-state index contributed by atoms with van der Waals surface area (Å²) in [6, 6.07) is 12.9. The summed E-state index contributed by atoms with van der Waals surface area (Å²) in [5.41, 5.74) is 1.11. The number of carbonyl (C=O) groups excluding carboxylic acids is 2. The van der Waals surface area contributed by atoms with Crippen LogP contribution in [0.1, 0.15) is 30.0 Å². The molecule has 7 heteroatoms. The van der Waals surface area contributed by atoms with Crippen LogP contribution in [0.4, 0.5) is 0 Å². The Balaban J connectivity index is 1.84. The SMILES string of the molecule is O=C1C(=O)N(CC2CCCO2)C(c2ccc(Cl)c(Cl)c2)/C1=C(\O)c1ccccc1. The van der Waals surface area contributed by atoms with Gasteiger partial charge in [0.25, 0.3) is 11.7 Å². The second-order valence-electron chi connectivity index (χ2n) is 7.13. The van der Waals surface area contributed by atoms with Gasteiger partial charge in [0.2, 0.25) is 0 Å². The van der Waals surface area contributed by atoms with Gasteiger partial charge in [0.15, 0.2) is 0 Å². The lowest BCUT2D eigenvalue weighted by Gasteiger charge is -2.27. The smallest absolute Gasteiger partial charge is 0.295 e. The summed E-state index contributed by atoms with van der Waals surface area (Å²) in [5.74, 6) is -1.59. The number of rotatable bonds is 4. The van der Waals surface area contributed by atoms with Crippen LogP contribution in [0, 0.1) is 0 Å². The highest BCUT2D eigenvalue weighted by molar-refractivity contribution is 6.46. The van der Waals surface area contributed by atoms with E-state index in [0.717, 1.165) is 12.8 Å². The third-order valence-corrected chi connectivity index (χ3v) is 6.01. The first kappa shape index (κ1) is 20.0. The molecule has 2 aliphatic heterocycles. The number of benzene rings is 2. The van der Waals surface area contributed by atoms with E-state index >= 15 is 0 Å². The van der Waals surface area contributed by atoms with E-state index in [2.05, 4.69) is 0 Å². The summed E-state index contributed by atoms with van der Waals surface area (Å²) in [6.45, 7) is 0.900. The largest absolute Gasteiger partial charge is 0.507 e. The molecule has 2 saturated heterocycles. The maximum atomic E-state index is 12.9. The van der Waals surface area contributed by atoms with Crippen LogP contribution < -0.4 is 0 Å². The summed E-state index contributed by atoms with van der Waals surface area (Å²) in [5, 5.41) is 11.6. The Bertz CT molecular complexity index is 984. The summed E-state index contributed by atoms with van der Waals surface area (Å²) < 4.78 is 5.67. The number of hydrogen-bond donors (Lipinski definition) is 1. The van der Waals surface area contributed by atoms with Crippen LogP contribution in [0.2, 0.25) is 10.0 Å². The van der Waals surface area contributed by atoms with E-state index < -0.39 is 17.7 Å². The van der Waals surface area contributed by atoms with Gasteiger partial charge >= 0.3 is 0 Å². The number of likely N-dealkylation sites (tertiary alicyclic amines) is 1. The standard InChI is InChI=1S/C22H19Cl2NO4/c23-16-9-8-14(11-17(16)24)19-18(20(26)13-5-2-1-3-6-13)21(27)22(28)25(19)12-15-7-4-10-29-15/h1-3,5-6,8-9,11,15,19,26H,4,7,10,12H2/b20-18+. The number of aliphatic hydroxyl groups excluding tert-OH is 1. The van der Waals surface area contributed by atoms with Crippen molar-refractivity contribution in [3.05, 3.63) is 75.3 Å². The Morgan fingerprint density at radius 3 is 2.52 bits per heavy atom. The molecule has 0 saturated carbocycles. The van der Waals surface area contributed by atoms with Crippen molar-refractivity contribution in [2.75, 3.05) is 13.2 Å². The Kier molecular flexibility index (Phi) is 5.63. The van der Waals surface area contributed by atoms with Gasteiger partial charge in [-0.05, 0) is 30.5 Å². The van der Waals surface area contributed by atoms with Crippen LogP contribution in [-0.2, 0) is 14.3 Å². The highest BCUT2D eigenvalue weighted by Gasteiger charge is 2.47. The molecule has 0 aliphatic carbocycles. The predicted molar refractivity (Wildman–Crippen MR) is 111 cm³/mol. The zero-order valence-electron chi connectivity index (χ0n) is 15.5. The van der Waals surface area contributed by atoms with Crippen molar-refractivity contribution in [2.24, 2.45) is 0 Å². The third kappa shape index (κ3) is 3.78. The number of ketones is 1. The molecule has 0 bridgehead atoms. The highest BCUT2D eigenvalue weighted by atomic mass is 35.5. The van der Waals surface area contributed by atoms with E-state index in [4.69, 9.17) is 27.9 Å². The summed E-state index contributed by atoms with van der Waals surface area (Å²) in [6.07, 6.45) is 1.58. The van der Waals surface area contributed by atoms with Gasteiger partial charge in [-0.1, -0.05) is 59.6 Å². The fourth-order valence-corrected chi connectivity index (χ4v) is 4.16. The first-order chi connectivity index (χ1) is 14.0. The average Bonchev–Trinajstić information content (AvgIpc) is 3.33. The van der Waals surface area contributed by atoms with Crippen LogP contribution in [0.5, 0.6) is 0 Å². The Hall–Kier alpha value is -2.34. The minimum Gasteiger partial charge on any atom is -0.507 e. The molecule has 0 spiro atoms. The van der Waals surface area contributed by atoms with Crippen LogP contribution in [-0.4, -0.2) is 41.0 Å². The van der Waals surface area contributed by atoms with Crippen molar-refractivity contribution >= 4 is 40.7 Å². The number of hydrogen-bond acceptors (Lipinski definition) is 4. The van der Waals surface area contributed by atoms with Crippen LogP contribution in [0.25, 0.3) is 5.76 Å². The summed E-state index contributed by atoms with van der Waals surface area (Å²) in [7, 11) is 0. The fourth-order valence-electron chi connectivity index (χ4n) is 3.86. The summed E-state index contributed by atoms with van der Waals surface area (Å²) in [4.78, 5) is 27.3. The molecule has 0 aromatic heterocycles. The van der Waals surface area contributed by atoms with Crippen LogP contribution in [0.3, 0.4) is 0 Å². The molecule has 150 valence electrons. The minimum absolute atomic E-state index is 0.0394. The van der Waals surface area contributed by atoms with Gasteiger partial charge in [-0.2, -0.15) is 0 Å². The maximum Gasteiger partial charge on any atom is 0.295 e. The number of carbonyl (C=O) groups is 2. The van der Waals surface area contributed by atoms with E-state index in [1.54, 1.807) is 42.5 Å². The van der Waals surface area contributed by atoms with Crippen molar-refractivity contribution in [1.82, 2.24) is 4.90 Å². The molecule has 2 aromatic rings. The molecule has 1 amide bonds. The van der Waals surface area contributed by atoms with E-state index in [-0.39, 0.29) is 24.0 Å². The fraction of sp³-hybridized carbons (Fsp3) is 0.273. The number of Topliss-reactive ketones (excluding diaryl/α,β-unsaturated/α-hetero) is 1. The molecule has 2 heterocycles. The first-order valence-corrected chi connectivity index (χ1v) is 10.1. The van der Waals surface area contributed by atoms with Crippen LogP contribution in [0.15, 0.2) is 54.1 Å². The predicted octanol–water partition coefficient (Wildman–Crippen LogP) is 4.59. The molecule has 2 fully saturated rings. The lowest BCUT2D eigenvalue weighted by Crippen LogP contribution is -2.36. The Morgan fingerprint density at radius 1 is 1.10 bits per heavy atom. The van der Waals surface area contributed by atoms with E-state index in [9.17, 15) is 14.7 Å². The molecular formula is C22H19Cl2NO4. The van der Waals surface area contributed by atoms with Gasteiger partial charge in [-0.3, -0.25) is 9.59 Å². The Labute approximate surface area is 178 Å².